The molecule has 0 atom stereocenters. The summed E-state index contributed by atoms with van der Waals surface area (Å²) in [5.74, 6) is 0. The quantitative estimate of drug-likeness (QED) is 0.717. The predicted octanol–water partition coefficient (Wildman–Crippen LogP) is 3.63. The number of halogens is 1. The number of ether oxygens (including phenoxy) is 1. The highest BCUT2D eigenvalue weighted by molar-refractivity contribution is 6.30. The number of hydrogen-bond donors (Lipinski definition) is 1. The Morgan fingerprint density at radius 3 is 2.71 bits per heavy atom. The van der Waals surface area contributed by atoms with Crippen LogP contribution in [0.4, 0.5) is 0 Å². The van der Waals surface area contributed by atoms with E-state index in [4.69, 9.17) is 16.3 Å². The Kier molecular flexibility index (Phi) is 7.25. The van der Waals surface area contributed by atoms with E-state index in [1.807, 2.05) is 24.3 Å². The number of nitrogens with one attached hydrogen (secondary N) is 1. The maximum absolute atomic E-state index is 5.90. The molecular formula is C14H22ClNO. The molecule has 0 aromatic heterocycles. The van der Waals surface area contributed by atoms with Crippen molar-refractivity contribution in [3.05, 3.63) is 34.9 Å². The Bertz CT molecular complexity index is 313. The van der Waals surface area contributed by atoms with Crippen LogP contribution >= 0.6 is 11.6 Å². The summed E-state index contributed by atoms with van der Waals surface area (Å²) in [4.78, 5) is 0. The van der Waals surface area contributed by atoms with Crippen LogP contribution in [0, 0.1) is 0 Å². The molecule has 0 unspecified atom stereocenters. The zero-order chi connectivity index (χ0) is 12.5. The average Bonchev–Trinajstić information content (AvgIpc) is 2.34. The third-order valence-corrected chi connectivity index (χ3v) is 3.06. The Morgan fingerprint density at radius 1 is 1.29 bits per heavy atom. The van der Waals surface area contributed by atoms with Crippen LogP contribution in [0.3, 0.4) is 0 Å². The fraction of sp³-hybridized carbons (Fsp3) is 0.571. The minimum atomic E-state index is 0.616. The van der Waals surface area contributed by atoms with Gasteiger partial charge < -0.3 is 10.1 Å². The molecule has 0 aliphatic rings. The molecule has 0 radical (unpaired) electrons. The summed E-state index contributed by atoms with van der Waals surface area (Å²) >= 11 is 5.90. The first kappa shape index (κ1) is 14.5. The van der Waals surface area contributed by atoms with Gasteiger partial charge in [-0.2, -0.15) is 0 Å². The molecule has 1 aromatic rings. The van der Waals surface area contributed by atoms with E-state index in [2.05, 4.69) is 19.2 Å². The van der Waals surface area contributed by atoms with Gasteiger partial charge in [-0.1, -0.05) is 37.6 Å². The molecule has 1 rings (SSSR count). The van der Waals surface area contributed by atoms with Crippen LogP contribution < -0.4 is 5.32 Å². The smallest absolute Gasteiger partial charge is 0.0718 e. The minimum Gasteiger partial charge on any atom is -0.375 e. The van der Waals surface area contributed by atoms with E-state index in [1.165, 1.54) is 12.8 Å². The lowest BCUT2D eigenvalue weighted by atomic mass is 10.2. The molecule has 3 heteroatoms. The molecule has 17 heavy (non-hydrogen) atoms. The fourth-order valence-electron chi connectivity index (χ4n) is 1.73. The Labute approximate surface area is 109 Å². The second-order valence-corrected chi connectivity index (χ2v) is 4.59. The zero-order valence-electron chi connectivity index (χ0n) is 10.7. The van der Waals surface area contributed by atoms with Crippen molar-refractivity contribution < 1.29 is 4.74 Å². The van der Waals surface area contributed by atoms with Crippen LogP contribution in [0.25, 0.3) is 0 Å². The van der Waals surface area contributed by atoms with E-state index in [0.29, 0.717) is 12.6 Å². The summed E-state index contributed by atoms with van der Waals surface area (Å²) in [5.41, 5.74) is 1.13. The van der Waals surface area contributed by atoms with Gasteiger partial charge in [-0.15, -0.1) is 0 Å². The Morgan fingerprint density at radius 2 is 2.06 bits per heavy atom. The second kappa shape index (κ2) is 8.51. The molecule has 0 bridgehead atoms. The second-order valence-electron chi connectivity index (χ2n) is 4.15. The van der Waals surface area contributed by atoms with E-state index >= 15 is 0 Å². The monoisotopic (exact) mass is 255 g/mol. The van der Waals surface area contributed by atoms with Crippen LogP contribution in [0.5, 0.6) is 0 Å². The van der Waals surface area contributed by atoms with Gasteiger partial charge in [0.25, 0.3) is 0 Å². The minimum absolute atomic E-state index is 0.616. The first-order valence-corrected chi connectivity index (χ1v) is 6.69. The third kappa shape index (κ3) is 6.06. The summed E-state index contributed by atoms with van der Waals surface area (Å²) < 4.78 is 5.59. The molecule has 0 aliphatic carbocycles. The molecule has 0 heterocycles. The molecule has 0 saturated heterocycles. The SMILES string of the molecule is CCC(CC)NCCOCc1cccc(Cl)c1. The molecule has 2 nitrogen and oxygen atoms in total. The lowest BCUT2D eigenvalue weighted by Crippen LogP contribution is -2.30. The molecule has 0 amide bonds. The van der Waals surface area contributed by atoms with Crippen molar-refractivity contribution in [3.8, 4) is 0 Å². The van der Waals surface area contributed by atoms with Gasteiger partial charge in [0.15, 0.2) is 0 Å². The summed E-state index contributed by atoms with van der Waals surface area (Å²) in [6.07, 6.45) is 2.34. The number of rotatable bonds is 8. The van der Waals surface area contributed by atoms with E-state index in [0.717, 1.165) is 23.7 Å². The highest BCUT2D eigenvalue weighted by atomic mass is 35.5. The average molecular weight is 256 g/mol. The lowest BCUT2D eigenvalue weighted by molar-refractivity contribution is 0.120. The normalized spacial score (nSPS) is 11.1. The van der Waals surface area contributed by atoms with Crippen molar-refractivity contribution >= 4 is 11.6 Å². The topological polar surface area (TPSA) is 21.3 Å². The van der Waals surface area contributed by atoms with E-state index < -0.39 is 0 Å². The summed E-state index contributed by atoms with van der Waals surface area (Å²) in [5, 5.41) is 4.23. The summed E-state index contributed by atoms with van der Waals surface area (Å²) in [6, 6.07) is 8.41. The number of benzene rings is 1. The van der Waals surface area contributed by atoms with Crippen LogP contribution in [0.1, 0.15) is 32.3 Å². The fourth-order valence-corrected chi connectivity index (χ4v) is 1.94. The number of hydrogen-bond acceptors (Lipinski definition) is 2. The first-order valence-electron chi connectivity index (χ1n) is 6.31. The Hall–Kier alpha value is -0.570. The largest absolute Gasteiger partial charge is 0.375 e. The molecule has 0 fully saturated rings. The van der Waals surface area contributed by atoms with Gasteiger partial charge in [0, 0.05) is 17.6 Å². The third-order valence-electron chi connectivity index (χ3n) is 2.82. The van der Waals surface area contributed by atoms with Gasteiger partial charge >= 0.3 is 0 Å². The highest BCUT2D eigenvalue weighted by Crippen LogP contribution is 2.11. The molecule has 0 aliphatic heterocycles. The van der Waals surface area contributed by atoms with Crippen molar-refractivity contribution in [2.45, 2.75) is 39.3 Å². The molecule has 1 aromatic carbocycles. The van der Waals surface area contributed by atoms with Crippen LogP contribution in [0.15, 0.2) is 24.3 Å². The van der Waals surface area contributed by atoms with Gasteiger partial charge in [0.2, 0.25) is 0 Å². The highest BCUT2D eigenvalue weighted by Gasteiger charge is 2.00. The standard InChI is InChI=1S/C14H22ClNO/c1-3-14(4-2)16-8-9-17-11-12-6-5-7-13(15)10-12/h5-7,10,14,16H,3-4,8-9,11H2,1-2H3. The predicted molar refractivity (Wildman–Crippen MR) is 73.5 cm³/mol. The van der Waals surface area contributed by atoms with Gasteiger partial charge in [0.05, 0.1) is 13.2 Å². The molecular weight excluding hydrogens is 234 g/mol. The van der Waals surface area contributed by atoms with E-state index in [9.17, 15) is 0 Å². The first-order chi connectivity index (χ1) is 8.26. The van der Waals surface area contributed by atoms with Crippen molar-refractivity contribution in [3.63, 3.8) is 0 Å². The van der Waals surface area contributed by atoms with Gasteiger partial charge in [-0.3, -0.25) is 0 Å². The lowest BCUT2D eigenvalue weighted by Gasteiger charge is -2.14. The van der Waals surface area contributed by atoms with Gasteiger partial charge in [0.1, 0.15) is 0 Å². The van der Waals surface area contributed by atoms with Gasteiger partial charge in [-0.25, -0.2) is 0 Å². The molecule has 0 spiro atoms. The maximum atomic E-state index is 5.90. The van der Waals surface area contributed by atoms with Crippen molar-refractivity contribution in [2.75, 3.05) is 13.2 Å². The Balaban J connectivity index is 2.12. The summed E-state index contributed by atoms with van der Waals surface area (Å²) in [7, 11) is 0. The molecule has 0 saturated carbocycles. The molecule has 1 N–H and O–H groups in total. The van der Waals surface area contributed by atoms with Crippen LogP contribution in [-0.2, 0) is 11.3 Å². The van der Waals surface area contributed by atoms with Crippen molar-refractivity contribution in [2.24, 2.45) is 0 Å². The van der Waals surface area contributed by atoms with Crippen molar-refractivity contribution in [1.29, 1.82) is 0 Å². The van der Waals surface area contributed by atoms with Gasteiger partial charge in [-0.05, 0) is 30.5 Å². The van der Waals surface area contributed by atoms with Crippen LogP contribution in [0.2, 0.25) is 5.02 Å². The maximum Gasteiger partial charge on any atom is 0.0718 e. The van der Waals surface area contributed by atoms with E-state index in [-0.39, 0.29) is 0 Å². The van der Waals surface area contributed by atoms with E-state index in [1.54, 1.807) is 0 Å². The van der Waals surface area contributed by atoms with Crippen LogP contribution in [-0.4, -0.2) is 19.2 Å². The molecule has 96 valence electrons. The van der Waals surface area contributed by atoms with Crippen molar-refractivity contribution in [1.82, 2.24) is 5.32 Å². The summed E-state index contributed by atoms with van der Waals surface area (Å²) in [6.45, 7) is 6.68. The zero-order valence-corrected chi connectivity index (χ0v) is 11.5.